The lowest BCUT2D eigenvalue weighted by molar-refractivity contribution is -0.0564. The molecule has 2 aromatic rings. The number of aromatic nitrogens is 3. The molecule has 0 radical (unpaired) electrons. The van der Waals surface area contributed by atoms with E-state index in [1.807, 2.05) is 0 Å². The number of ether oxygens (including phenoxy) is 1. The summed E-state index contributed by atoms with van der Waals surface area (Å²) in [4.78, 5) is 19.4. The van der Waals surface area contributed by atoms with E-state index in [4.69, 9.17) is 16.2 Å². The van der Waals surface area contributed by atoms with Crippen molar-refractivity contribution in [1.29, 1.82) is 0 Å². The lowest BCUT2D eigenvalue weighted by Crippen LogP contribution is -2.40. The highest BCUT2D eigenvalue weighted by atomic mass is 19.1. The number of primary amides is 1. The van der Waals surface area contributed by atoms with Crippen molar-refractivity contribution in [3.05, 3.63) is 18.1 Å². The maximum atomic E-state index is 14.9. The Morgan fingerprint density at radius 1 is 1.57 bits per heavy atom. The number of aliphatic hydroxyl groups is 2. The number of alkyl halides is 1. The SMILES string of the molecule is C[C@@]1(F)[C@H](O)C(CO)O[C@@H]1n1cc(C(N)=O)c2c(N)ncnc21. The summed E-state index contributed by atoms with van der Waals surface area (Å²) in [5.41, 5.74) is 9.01. The Balaban J connectivity index is 2.21. The molecule has 3 rings (SSSR count). The van der Waals surface area contributed by atoms with Crippen molar-refractivity contribution in [2.45, 2.75) is 31.0 Å². The third-order valence-corrected chi connectivity index (χ3v) is 4.05. The molecule has 0 bridgehead atoms. The van der Waals surface area contributed by atoms with E-state index in [0.717, 1.165) is 13.3 Å². The molecule has 0 spiro atoms. The Hall–Kier alpha value is -2.30. The Kier molecular flexibility index (Phi) is 3.47. The molecule has 1 unspecified atom stereocenters. The lowest BCUT2D eigenvalue weighted by atomic mass is 9.98. The maximum Gasteiger partial charge on any atom is 0.251 e. The highest BCUT2D eigenvalue weighted by molar-refractivity contribution is 6.08. The van der Waals surface area contributed by atoms with E-state index in [2.05, 4.69) is 9.97 Å². The summed E-state index contributed by atoms with van der Waals surface area (Å²) < 4.78 is 21.6. The van der Waals surface area contributed by atoms with E-state index in [9.17, 15) is 19.4 Å². The van der Waals surface area contributed by atoms with E-state index < -0.39 is 36.6 Å². The van der Waals surface area contributed by atoms with Gasteiger partial charge in [0.2, 0.25) is 0 Å². The van der Waals surface area contributed by atoms with Crippen LogP contribution in [-0.4, -0.2) is 55.1 Å². The molecular weight excluding hydrogens is 309 g/mol. The number of anilines is 1. The molecule has 6 N–H and O–H groups in total. The molecule has 23 heavy (non-hydrogen) atoms. The second-order valence-electron chi connectivity index (χ2n) is 5.58. The molecule has 1 aliphatic heterocycles. The monoisotopic (exact) mass is 325 g/mol. The van der Waals surface area contributed by atoms with Gasteiger partial charge in [-0.1, -0.05) is 0 Å². The number of carbonyl (C=O) groups is 1. The first kappa shape index (κ1) is 15.6. The molecule has 124 valence electrons. The molecule has 1 amide bonds. The minimum Gasteiger partial charge on any atom is -0.394 e. The van der Waals surface area contributed by atoms with Crippen molar-refractivity contribution in [3.8, 4) is 0 Å². The predicted octanol–water partition coefficient (Wildman–Crippen LogP) is -0.909. The van der Waals surface area contributed by atoms with Gasteiger partial charge in [0.25, 0.3) is 5.91 Å². The third kappa shape index (κ3) is 2.14. The largest absolute Gasteiger partial charge is 0.394 e. The van der Waals surface area contributed by atoms with Crippen LogP contribution < -0.4 is 11.5 Å². The van der Waals surface area contributed by atoms with Gasteiger partial charge in [-0.05, 0) is 6.92 Å². The molecule has 1 saturated heterocycles. The van der Waals surface area contributed by atoms with Crippen molar-refractivity contribution in [3.63, 3.8) is 0 Å². The predicted molar refractivity (Wildman–Crippen MR) is 77.0 cm³/mol. The smallest absolute Gasteiger partial charge is 0.251 e. The van der Waals surface area contributed by atoms with Gasteiger partial charge in [0.15, 0.2) is 11.9 Å². The van der Waals surface area contributed by atoms with E-state index in [1.165, 1.54) is 10.8 Å². The standard InChI is InChI=1S/C13H16FN5O4/c1-13(14)8(21)6(3-20)23-12(13)19-2-5(10(16)22)7-9(15)17-4-18-11(7)19/h2,4,6,8,12,20-21H,3H2,1H3,(H2,16,22)(H2,15,17,18)/t6?,8-,12+,13-/m1/s1. The van der Waals surface area contributed by atoms with Gasteiger partial charge in [-0.15, -0.1) is 0 Å². The van der Waals surface area contributed by atoms with Crippen LogP contribution in [0.4, 0.5) is 10.2 Å². The number of carbonyl (C=O) groups excluding carboxylic acids is 1. The summed E-state index contributed by atoms with van der Waals surface area (Å²) in [5.74, 6) is -0.770. The van der Waals surface area contributed by atoms with Gasteiger partial charge in [0, 0.05) is 6.20 Å². The van der Waals surface area contributed by atoms with Crippen LogP contribution >= 0.6 is 0 Å². The van der Waals surface area contributed by atoms with Crippen LogP contribution in [0.25, 0.3) is 11.0 Å². The summed E-state index contributed by atoms with van der Waals surface area (Å²) in [6.45, 7) is 0.578. The number of nitrogens with two attached hydrogens (primary N) is 2. The zero-order valence-electron chi connectivity index (χ0n) is 12.2. The van der Waals surface area contributed by atoms with E-state index in [1.54, 1.807) is 0 Å². The van der Waals surface area contributed by atoms with Crippen molar-refractivity contribution < 1.29 is 24.1 Å². The average Bonchev–Trinajstić information content (AvgIpc) is 2.97. The van der Waals surface area contributed by atoms with Crippen LogP contribution in [-0.2, 0) is 4.74 Å². The molecule has 10 heteroatoms. The van der Waals surface area contributed by atoms with Gasteiger partial charge in [0.1, 0.15) is 30.0 Å². The Labute approximate surface area is 129 Å². The first-order valence-corrected chi connectivity index (χ1v) is 6.83. The molecule has 0 aromatic carbocycles. The Bertz CT molecular complexity index is 777. The minimum atomic E-state index is -2.23. The fraction of sp³-hybridized carbons (Fsp3) is 0.462. The van der Waals surface area contributed by atoms with Crippen LogP contribution in [0.5, 0.6) is 0 Å². The molecule has 1 aliphatic rings. The Morgan fingerprint density at radius 3 is 2.83 bits per heavy atom. The molecule has 2 aromatic heterocycles. The fourth-order valence-corrected chi connectivity index (χ4v) is 2.84. The second-order valence-corrected chi connectivity index (χ2v) is 5.58. The van der Waals surface area contributed by atoms with Gasteiger partial charge in [-0.3, -0.25) is 4.79 Å². The molecule has 3 heterocycles. The van der Waals surface area contributed by atoms with E-state index >= 15 is 0 Å². The van der Waals surface area contributed by atoms with Crippen LogP contribution in [0.15, 0.2) is 12.5 Å². The quantitative estimate of drug-likeness (QED) is 0.570. The van der Waals surface area contributed by atoms with Crippen molar-refractivity contribution in [2.75, 3.05) is 12.3 Å². The average molecular weight is 325 g/mol. The number of hydrogen-bond donors (Lipinski definition) is 4. The number of nitrogens with zero attached hydrogens (tertiary/aromatic N) is 3. The topological polar surface area (TPSA) is 150 Å². The van der Waals surface area contributed by atoms with E-state index in [-0.39, 0.29) is 22.4 Å². The maximum absolute atomic E-state index is 14.9. The van der Waals surface area contributed by atoms with Crippen molar-refractivity contribution in [1.82, 2.24) is 14.5 Å². The molecule has 0 aliphatic carbocycles. The summed E-state index contributed by atoms with van der Waals surface area (Å²) in [6, 6.07) is 0. The van der Waals surface area contributed by atoms with Gasteiger partial charge in [-0.2, -0.15) is 0 Å². The number of rotatable bonds is 3. The van der Waals surface area contributed by atoms with Gasteiger partial charge < -0.3 is 31.0 Å². The first-order valence-electron chi connectivity index (χ1n) is 6.83. The number of amides is 1. The zero-order chi connectivity index (χ0) is 16.9. The van der Waals surface area contributed by atoms with Crippen LogP contribution in [0, 0.1) is 0 Å². The summed E-state index contributed by atoms with van der Waals surface area (Å²) in [6.07, 6.45) is -1.56. The number of fused-ring (bicyclic) bond motifs is 1. The normalized spacial score (nSPS) is 30.9. The van der Waals surface area contributed by atoms with Gasteiger partial charge in [0.05, 0.1) is 17.6 Å². The van der Waals surface area contributed by atoms with Crippen LogP contribution in [0.1, 0.15) is 23.5 Å². The first-order chi connectivity index (χ1) is 10.8. The molecule has 4 atom stereocenters. The highest BCUT2D eigenvalue weighted by Crippen LogP contribution is 2.43. The zero-order valence-corrected chi connectivity index (χ0v) is 12.2. The summed E-state index contributed by atoms with van der Waals surface area (Å²) in [7, 11) is 0. The number of hydrogen-bond acceptors (Lipinski definition) is 7. The number of nitrogen functional groups attached to an aromatic ring is 1. The van der Waals surface area contributed by atoms with Crippen molar-refractivity contribution in [2.24, 2.45) is 5.73 Å². The highest BCUT2D eigenvalue weighted by Gasteiger charge is 2.55. The van der Waals surface area contributed by atoms with Gasteiger partial charge in [-0.25, -0.2) is 14.4 Å². The number of halogens is 1. The van der Waals surface area contributed by atoms with E-state index in [0.29, 0.717) is 0 Å². The summed E-state index contributed by atoms with van der Waals surface area (Å²) >= 11 is 0. The minimum absolute atomic E-state index is 0.0134. The fourth-order valence-electron chi connectivity index (χ4n) is 2.84. The second kappa shape index (κ2) is 5.11. The summed E-state index contributed by atoms with van der Waals surface area (Å²) in [5, 5.41) is 19.4. The Morgan fingerprint density at radius 2 is 2.26 bits per heavy atom. The molecule has 9 nitrogen and oxygen atoms in total. The molecular formula is C13H16FN5O4. The number of aliphatic hydroxyl groups excluding tert-OH is 2. The third-order valence-electron chi connectivity index (χ3n) is 4.05. The van der Waals surface area contributed by atoms with Gasteiger partial charge >= 0.3 is 0 Å². The van der Waals surface area contributed by atoms with Crippen molar-refractivity contribution >= 4 is 22.8 Å². The van der Waals surface area contributed by atoms with Crippen LogP contribution in [0.2, 0.25) is 0 Å². The molecule has 0 saturated carbocycles. The lowest BCUT2D eigenvalue weighted by Gasteiger charge is -2.25. The molecule has 1 fully saturated rings. The van der Waals surface area contributed by atoms with Crippen LogP contribution in [0.3, 0.4) is 0 Å².